The van der Waals surface area contributed by atoms with Crippen LogP contribution < -0.4 is 0 Å². The molecule has 60 heavy (non-hydrogen) atoms. The maximum absolute atomic E-state index is 10.6. The lowest BCUT2D eigenvalue weighted by Crippen LogP contribution is -2.22. The zero-order valence-electron chi connectivity index (χ0n) is 38.2. The van der Waals surface area contributed by atoms with Gasteiger partial charge in [-0.1, -0.05) is 20.3 Å². The van der Waals surface area contributed by atoms with Crippen molar-refractivity contribution in [2.75, 3.05) is 40.1 Å². The molecule has 0 saturated carbocycles. The molecule has 19 heteroatoms. The molecule has 0 aromatic heterocycles. The number of hydrogen-bond donors (Lipinski definition) is 6. The van der Waals surface area contributed by atoms with E-state index in [1.165, 1.54) is 47.8 Å². The molecule has 3 atom stereocenters. The zero-order chi connectivity index (χ0) is 48.6. The Kier molecular flexibility index (Phi) is 61.0. The molecule has 0 aromatic carbocycles. The van der Waals surface area contributed by atoms with Gasteiger partial charge >= 0.3 is 17.9 Å². The molecular formula is C41H76O19. The molecule has 0 amide bonds. The van der Waals surface area contributed by atoms with Gasteiger partial charge in [0.2, 0.25) is 0 Å². The standard InChI is InChI=1S/C7H16O4.C7H12O4.C6H10O3.C6H10O2.C5H8O3.C5H8O2.C5H12O/c2*1-3-10-6(8)5-7(9)11-4-2;1-3-9-6(8)4-5(2)7;1-3-6(8)4-5(2)7;1-4(6)3-5(7)8-2;1-4(6)3-5(2)7;1-3-4-5(2)6/h6-9H,3-5H2,1-2H3;5,8H,3-4H2,1-2H3;3-4H2,1-2H3;4,8H,3H2,1-2H3;3,6H,1-2H3;3H2,1-2H3;5-6H,3-4H2,1-2H3/b;6-5+;;6-4-;;;. The molecule has 0 aliphatic rings. The lowest BCUT2D eigenvalue weighted by molar-refractivity contribution is -0.172. The first-order valence-corrected chi connectivity index (χ1v) is 19.3. The Morgan fingerprint density at radius 1 is 0.567 bits per heavy atom. The second-order valence-electron chi connectivity index (χ2n) is 11.5. The molecule has 19 nitrogen and oxygen atoms in total. The molecule has 0 spiro atoms. The van der Waals surface area contributed by atoms with E-state index < -0.39 is 36.4 Å². The van der Waals surface area contributed by atoms with Crippen LogP contribution in [-0.2, 0) is 62.0 Å². The Labute approximate surface area is 356 Å². The van der Waals surface area contributed by atoms with Gasteiger partial charge in [-0.15, -0.1) is 0 Å². The molecule has 0 fully saturated rings. The summed E-state index contributed by atoms with van der Waals surface area (Å²) in [5.41, 5.74) is 0. The summed E-state index contributed by atoms with van der Waals surface area (Å²) >= 11 is 0. The minimum Gasteiger partial charge on any atom is -0.512 e. The van der Waals surface area contributed by atoms with Crippen molar-refractivity contribution < 1.29 is 92.6 Å². The number of aliphatic hydroxyl groups excluding tert-OH is 6. The zero-order valence-corrected chi connectivity index (χ0v) is 38.2. The number of aliphatic hydroxyl groups is 6. The fraction of sp³-hybridized carbons (Fsp3) is 0.683. The van der Waals surface area contributed by atoms with Crippen LogP contribution in [-0.4, -0.2) is 131 Å². The van der Waals surface area contributed by atoms with Crippen molar-refractivity contribution in [3.8, 4) is 0 Å². The van der Waals surface area contributed by atoms with Crippen LogP contribution >= 0.6 is 0 Å². The van der Waals surface area contributed by atoms with Gasteiger partial charge in [0.05, 0.1) is 57.0 Å². The minimum absolute atomic E-state index is 0.0446. The van der Waals surface area contributed by atoms with E-state index in [9.17, 15) is 33.6 Å². The van der Waals surface area contributed by atoms with Crippen LogP contribution in [0.2, 0.25) is 0 Å². The normalized spacial score (nSPS) is 11.7. The minimum atomic E-state index is -0.929. The SMILES string of the molecule is CC(=O)CC(C)=O.CC/C(O)=C/C(C)=O.CCCC(C)O.CCOC(=O)/C=C(\O)OCC.CCOC(=O)CC(C)=O.CCOC(O)CC(O)OCC.COC(=O)C=C(C)O. The molecule has 0 radical (unpaired) electrons. The average molecular weight is 873 g/mol. The van der Waals surface area contributed by atoms with Crippen molar-refractivity contribution >= 4 is 41.0 Å². The maximum atomic E-state index is 10.6. The van der Waals surface area contributed by atoms with Crippen molar-refractivity contribution in [3.05, 3.63) is 35.7 Å². The third kappa shape index (κ3) is 85.5. The molecule has 0 rings (SSSR count). The van der Waals surface area contributed by atoms with Crippen LogP contribution in [0.5, 0.6) is 0 Å². The van der Waals surface area contributed by atoms with Crippen molar-refractivity contribution in [2.24, 2.45) is 0 Å². The van der Waals surface area contributed by atoms with Gasteiger partial charge in [0, 0.05) is 32.1 Å². The smallest absolute Gasteiger partial charge is 0.337 e. The van der Waals surface area contributed by atoms with Gasteiger partial charge in [-0.25, -0.2) is 9.59 Å². The predicted octanol–water partition coefficient (Wildman–Crippen LogP) is 5.37. The van der Waals surface area contributed by atoms with E-state index in [4.69, 9.17) is 40.1 Å². The van der Waals surface area contributed by atoms with Gasteiger partial charge < -0.3 is 59.1 Å². The molecule has 0 aliphatic carbocycles. The van der Waals surface area contributed by atoms with Crippen molar-refractivity contribution in [1.29, 1.82) is 0 Å². The summed E-state index contributed by atoms with van der Waals surface area (Å²) < 4.78 is 27.3. The molecule has 354 valence electrons. The Hall–Kier alpha value is -4.69. The Morgan fingerprint density at radius 3 is 1.22 bits per heavy atom. The summed E-state index contributed by atoms with van der Waals surface area (Å²) in [6, 6.07) is 0. The summed E-state index contributed by atoms with van der Waals surface area (Å²) in [5, 5.41) is 52.4. The Morgan fingerprint density at radius 2 is 1.00 bits per heavy atom. The summed E-state index contributed by atoms with van der Waals surface area (Å²) in [5.74, 6) is -2.27. The third-order valence-corrected chi connectivity index (χ3v) is 5.10. The topological polar surface area (TPSA) is 296 Å². The van der Waals surface area contributed by atoms with E-state index in [0.717, 1.165) is 25.0 Å². The summed E-state index contributed by atoms with van der Waals surface area (Å²) in [7, 11) is 1.25. The van der Waals surface area contributed by atoms with Crippen LogP contribution in [0.25, 0.3) is 0 Å². The second kappa shape index (κ2) is 52.3. The monoisotopic (exact) mass is 872 g/mol. The quantitative estimate of drug-likeness (QED) is 0.0224. The Balaban J connectivity index is -0.000000110. The summed E-state index contributed by atoms with van der Waals surface area (Å²) in [4.78, 5) is 71.6. The highest BCUT2D eigenvalue weighted by Crippen LogP contribution is 2.01. The second-order valence-corrected chi connectivity index (χ2v) is 11.5. The number of carbonyl (C=O) groups is 7. The molecule has 0 aromatic rings. The molecule has 0 saturated heterocycles. The number of methoxy groups -OCH3 is 1. The van der Waals surface area contributed by atoms with Gasteiger partial charge in [0.25, 0.3) is 5.95 Å². The number of esters is 3. The highest BCUT2D eigenvalue weighted by atomic mass is 16.6. The summed E-state index contributed by atoms with van der Waals surface area (Å²) in [6.07, 6.45) is 3.78. The van der Waals surface area contributed by atoms with Gasteiger partial charge in [0.1, 0.15) is 29.8 Å². The van der Waals surface area contributed by atoms with E-state index >= 15 is 0 Å². The van der Waals surface area contributed by atoms with E-state index in [2.05, 4.69) is 25.9 Å². The van der Waals surface area contributed by atoms with Crippen molar-refractivity contribution in [3.63, 3.8) is 0 Å². The molecular weight excluding hydrogens is 796 g/mol. The number of allylic oxidation sites excluding steroid dienone is 3. The summed E-state index contributed by atoms with van der Waals surface area (Å²) in [6.45, 7) is 23.1. The average Bonchev–Trinajstić information content (AvgIpc) is 3.09. The van der Waals surface area contributed by atoms with Crippen LogP contribution in [0.15, 0.2) is 35.7 Å². The number of hydrogen-bond acceptors (Lipinski definition) is 19. The predicted molar refractivity (Wildman–Crippen MR) is 223 cm³/mol. The van der Waals surface area contributed by atoms with Gasteiger partial charge in [-0.3, -0.25) is 24.0 Å². The number of ketones is 4. The molecule has 6 N–H and O–H groups in total. The number of ether oxygens (including phenoxy) is 6. The largest absolute Gasteiger partial charge is 0.512 e. The first-order chi connectivity index (χ1) is 27.8. The maximum Gasteiger partial charge on any atom is 0.337 e. The van der Waals surface area contributed by atoms with Crippen LogP contribution in [0.3, 0.4) is 0 Å². The van der Waals surface area contributed by atoms with Gasteiger partial charge in [-0.2, -0.15) is 0 Å². The molecule has 0 bridgehead atoms. The van der Waals surface area contributed by atoms with Gasteiger partial charge in [-0.05, 0) is 82.6 Å². The first-order valence-electron chi connectivity index (χ1n) is 19.3. The van der Waals surface area contributed by atoms with Gasteiger partial charge in [0.15, 0.2) is 18.4 Å². The Bertz CT molecular complexity index is 1180. The van der Waals surface area contributed by atoms with Crippen LogP contribution in [0.4, 0.5) is 0 Å². The fourth-order valence-corrected chi connectivity index (χ4v) is 2.92. The van der Waals surface area contributed by atoms with Crippen molar-refractivity contribution in [2.45, 2.75) is 147 Å². The fourth-order valence-electron chi connectivity index (χ4n) is 2.92. The highest BCUT2D eigenvalue weighted by Gasteiger charge is 2.10. The van der Waals surface area contributed by atoms with E-state index in [1.54, 1.807) is 41.5 Å². The van der Waals surface area contributed by atoms with Crippen LogP contribution in [0.1, 0.15) is 129 Å². The molecule has 3 unspecified atom stereocenters. The number of Topliss-reactive ketones (excluding diaryl/α,β-unsaturated/α-hetero) is 3. The van der Waals surface area contributed by atoms with Crippen LogP contribution in [0, 0.1) is 0 Å². The highest BCUT2D eigenvalue weighted by molar-refractivity contribution is 5.96. The number of rotatable bonds is 20. The van der Waals surface area contributed by atoms with E-state index in [0.29, 0.717) is 32.8 Å². The van der Waals surface area contributed by atoms with E-state index in [1.807, 2.05) is 6.92 Å². The van der Waals surface area contributed by atoms with Crippen molar-refractivity contribution in [1.82, 2.24) is 0 Å². The molecule has 0 heterocycles. The lowest BCUT2D eigenvalue weighted by atomic mass is 10.2. The lowest BCUT2D eigenvalue weighted by Gasteiger charge is -2.14. The first kappa shape index (κ1) is 69.9. The molecule has 0 aliphatic heterocycles. The number of carbonyl (C=O) groups excluding carboxylic acids is 7. The van der Waals surface area contributed by atoms with E-state index in [-0.39, 0.29) is 66.6 Å². The third-order valence-electron chi connectivity index (χ3n) is 5.10.